The Morgan fingerprint density at radius 2 is 1.89 bits per heavy atom. The quantitative estimate of drug-likeness (QED) is 0.211. The van der Waals surface area contributed by atoms with E-state index in [2.05, 4.69) is 56.1 Å². The topological polar surface area (TPSA) is 136 Å². The highest BCUT2D eigenvalue weighted by Crippen LogP contribution is 2.42. The van der Waals surface area contributed by atoms with Gasteiger partial charge in [-0.15, -0.1) is 0 Å². The maximum atomic E-state index is 12.8. The van der Waals surface area contributed by atoms with E-state index >= 15 is 0 Å². The summed E-state index contributed by atoms with van der Waals surface area (Å²) < 4.78 is 70.9. The first-order valence-electron chi connectivity index (χ1n) is 16.0. The van der Waals surface area contributed by atoms with Crippen molar-refractivity contribution in [2.24, 2.45) is 11.8 Å². The van der Waals surface area contributed by atoms with Gasteiger partial charge in [0.25, 0.3) is 5.91 Å². The smallest absolute Gasteiger partial charge is 0.298 e. The van der Waals surface area contributed by atoms with Crippen LogP contribution in [-0.2, 0) is 29.7 Å². The zero-order valence-electron chi connectivity index (χ0n) is 25.8. The molecule has 1 saturated heterocycles. The van der Waals surface area contributed by atoms with Gasteiger partial charge in [0.2, 0.25) is 21.6 Å². The number of amides is 1. The summed E-state index contributed by atoms with van der Waals surface area (Å²) in [6, 6.07) is 0.254. The second-order valence-corrected chi connectivity index (χ2v) is 19.2. The van der Waals surface area contributed by atoms with E-state index in [9.17, 15) is 26.2 Å². The summed E-state index contributed by atoms with van der Waals surface area (Å²) in [6.07, 6.45) is 14.6. The lowest BCUT2D eigenvalue weighted by atomic mass is 9.83. The highest BCUT2D eigenvalue weighted by molar-refractivity contribution is 9.09. The molecule has 0 aromatic rings. The molecule has 14 heteroatoms. The number of halogens is 1. The second-order valence-electron chi connectivity index (χ2n) is 13.3. The van der Waals surface area contributed by atoms with E-state index < -0.39 is 31.3 Å². The number of nitrogens with zero attached hydrogens (tertiary/aromatic N) is 2. The molecule has 0 aromatic heterocycles. The Hall–Kier alpha value is -1.09. The van der Waals surface area contributed by atoms with Gasteiger partial charge in [-0.2, -0.15) is 0 Å². The fraction of sp³-hybridized carbons (Fsp3) is 0.800. The molecule has 10 nitrogen and oxygen atoms in total. The van der Waals surface area contributed by atoms with E-state index in [1.807, 2.05) is 0 Å². The molecule has 0 aromatic carbocycles. The maximum Gasteiger partial charge on any atom is 0.298 e. The van der Waals surface area contributed by atoms with Gasteiger partial charge in [-0.1, -0.05) is 42.6 Å². The molecule has 0 radical (unpaired) electrons. The van der Waals surface area contributed by atoms with Gasteiger partial charge in [0.15, 0.2) is 11.9 Å². The summed E-state index contributed by atoms with van der Waals surface area (Å²) in [5.74, 6) is 0.489. The summed E-state index contributed by atoms with van der Waals surface area (Å²) in [4.78, 5) is 15.3. The third-order valence-electron chi connectivity index (χ3n) is 9.90. The van der Waals surface area contributed by atoms with E-state index in [4.69, 9.17) is 4.74 Å². The number of hydrogen-bond acceptors (Lipinski definition) is 9. The van der Waals surface area contributed by atoms with Gasteiger partial charge in [0.1, 0.15) is 6.10 Å². The van der Waals surface area contributed by atoms with Crippen molar-refractivity contribution in [3.05, 3.63) is 23.6 Å². The molecule has 0 spiro atoms. The van der Waals surface area contributed by atoms with Crippen molar-refractivity contribution in [3.8, 4) is 0 Å². The molecular formula is C30H46BrN3O7S3. The minimum atomic E-state index is -4.39. The number of fused-ring (bicyclic) bond motifs is 2. The van der Waals surface area contributed by atoms with Crippen molar-refractivity contribution in [2.75, 3.05) is 19.3 Å². The summed E-state index contributed by atoms with van der Waals surface area (Å²) in [5.41, 5.74) is 1.01. The number of allylic oxidation sites excluding steroid dienone is 2. The number of carbonyl (C=O) groups excluding carboxylic acids is 1. The van der Waals surface area contributed by atoms with Gasteiger partial charge in [-0.25, -0.2) is 26.1 Å². The van der Waals surface area contributed by atoms with Gasteiger partial charge in [0, 0.05) is 29.9 Å². The second kappa shape index (κ2) is 13.9. The van der Waals surface area contributed by atoms with Crippen molar-refractivity contribution >= 4 is 58.8 Å². The van der Waals surface area contributed by atoms with Crippen LogP contribution in [-0.4, -0.2) is 94.7 Å². The van der Waals surface area contributed by atoms with Crippen LogP contribution < -0.4 is 4.72 Å². The highest BCUT2D eigenvalue weighted by Gasteiger charge is 2.47. The van der Waals surface area contributed by atoms with Crippen molar-refractivity contribution in [2.45, 2.75) is 118 Å². The van der Waals surface area contributed by atoms with Crippen LogP contribution in [0.5, 0.6) is 0 Å². The van der Waals surface area contributed by atoms with Gasteiger partial charge in [-0.05, 0) is 80.5 Å². The lowest BCUT2D eigenvalue weighted by Crippen LogP contribution is -2.45. The van der Waals surface area contributed by atoms with Crippen molar-refractivity contribution in [1.82, 2.24) is 9.62 Å². The molecule has 3 saturated carbocycles. The largest absolute Gasteiger partial charge is 0.748 e. The van der Waals surface area contributed by atoms with E-state index in [0.717, 1.165) is 80.5 Å². The monoisotopic (exact) mass is 735 g/mol. The SMILES string of the molecule is CCC(=CC1=[N+](CC(=O)NS(C)(=O)=O)C2CC(Br)CCC2S1)C=C1OC2CCC(C)CC2N1CC1CCCCC1S(=O)(=O)[O-]. The molecule has 8 atom stereocenters. The maximum absolute atomic E-state index is 12.8. The van der Waals surface area contributed by atoms with Crippen LogP contribution >= 0.6 is 27.7 Å². The number of carbonyl (C=O) groups is 1. The third-order valence-corrected chi connectivity index (χ3v) is 14.1. The molecule has 0 bridgehead atoms. The average molecular weight is 737 g/mol. The lowest BCUT2D eigenvalue weighted by Gasteiger charge is -2.39. The van der Waals surface area contributed by atoms with Gasteiger partial charge < -0.3 is 14.2 Å². The normalized spacial score (nSPS) is 35.8. The summed E-state index contributed by atoms with van der Waals surface area (Å²) >= 11 is 5.51. The Kier molecular flexibility index (Phi) is 10.9. The van der Waals surface area contributed by atoms with Gasteiger partial charge >= 0.3 is 0 Å². The molecule has 4 fully saturated rings. The summed E-state index contributed by atoms with van der Waals surface area (Å²) in [6.45, 7) is 4.76. The molecule has 1 N–H and O–H groups in total. The van der Waals surface area contributed by atoms with Gasteiger partial charge in [0.05, 0.1) is 32.9 Å². The molecule has 5 rings (SSSR count). The Labute approximate surface area is 275 Å². The van der Waals surface area contributed by atoms with Crippen LogP contribution in [0.2, 0.25) is 0 Å². The molecule has 2 aliphatic heterocycles. The van der Waals surface area contributed by atoms with Crippen LogP contribution in [0.25, 0.3) is 0 Å². The first-order valence-corrected chi connectivity index (χ1v) is 21.1. The van der Waals surface area contributed by atoms with Crippen LogP contribution in [0.15, 0.2) is 23.6 Å². The Morgan fingerprint density at radius 1 is 1.14 bits per heavy atom. The fourth-order valence-electron chi connectivity index (χ4n) is 7.72. The first kappa shape index (κ1) is 34.3. The van der Waals surface area contributed by atoms with Crippen molar-refractivity contribution in [1.29, 1.82) is 0 Å². The predicted molar refractivity (Wildman–Crippen MR) is 175 cm³/mol. The lowest BCUT2D eigenvalue weighted by molar-refractivity contribution is -0.550. The molecular weight excluding hydrogens is 690 g/mol. The van der Waals surface area contributed by atoms with Crippen molar-refractivity contribution in [3.63, 3.8) is 0 Å². The van der Waals surface area contributed by atoms with Crippen LogP contribution in [0.4, 0.5) is 0 Å². The Bertz CT molecular complexity index is 1410. The zero-order chi connectivity index (χ0) is 31.8. The van der Waals surface area contributed by atoms with Crippen molar-refractivity contribution < 1.29 is 35.5 Å². The van der Waals surface area contributed by atoms with E-state index in [1.54, 1.807) is 11.8 Å². The van der Waals surface area contributed by atoms with Crippen LogP contribution in [0, 0.1) is 11.8 Å². The van der Waals surface area contributed by atoms with E-state index in [0.29, 0.717) is 35.4 Å². The predicted octanol–water partition coefficient (Wildman–Crippen LogP) is 4.08. The fourth-order valence-corrected chi connectivity index (χ4v) is 11.5. The molecule has 44 heavy (non-hydrogen) atoms. The minimum Gasteiger partial charge on any atom is -0.748 e. The Balaban J connectivity index is 1.47. The highest BCUT2D eigenvalue weighted by atomic mass is 79.9. The number of ether oxygens (including phenoxy) is 1. The standard InChI is InChI=1S/C30H46BrN3O7S3/c1-4-20(15-30-34(18-28(35)32-43(3,36)37)24-16-22(31)10-12-26(24)42-30)14-29-33(23-13-19(2)9-11-25(23)41-29)17-21-7-5-6-8-27(21)44(38,39)40/h14-15,19,21-27H,4-13,16-18H2,1-3H3,(H-,32,35,38,39,40). The average Bonchev–Trinajstić information content (AvgIpc) is 3.43. The molecule has 5 aliphatic rings. The third kappa shape index (κ3) is 8.24. The molecule has 2 heterocycles. The number of rotatable bonds is 9. The van der Waals surface area contributed by atoms with E-state index in [-0.39, 0.29) is 30.7 Å². The summed E-state index contributed by atoms with van der Waals surface area (Å²) in [7, 11) is -8.06. The van der Waals surface area contributed by atoms with Crippen LogP contribution in [0.3, 0.4) is 0 Å². The summed E-state index contributed by atoms with van der Waals surface area (Å²) in [5, 5.41) is 0.393. The van der Waals surface area contributed by atoms with Crippen LogP contribution in [0.1, 0.15) is 84.5 Å². The molecule has 248 valence electrons. The molecule has 8 unspecified atom stereocenters. The number of hydrogen-bond donors (Lipinski definition) is 1. The van der Waals surface area contributed by atoms with Gasteiger partial charge in [-0.3, -0.25) is 4.79 Å². The molecule has 3 aliphatic carbocycles. The number of alkyl halides is 1. The first-order chi connectivity index (χ1) is 20.7. The zero-order valence-corrected chi connectivity index (χ0v) is 29.9. The minimum absolute atomic E-state index is 0.0323. The van der Waals surface area contributed by atoms with E-state index in [1.165, 1.54) is 0 Å². The number of nitrogens with one attached hydrogen (secondary N) is 1. The number of sulfonamides is 1. The number of thioether (sulfide) groups is 1. The Morgan fingerprint density at radius 3 is 2.59 bits per heavy atom. The molecule has 1 amide bonds.